The van der Waals surface area contributed by atoms with Crippen molar-refractivity contribution < 1.29 is 4.79 Å². The highest BCUT2D eigenvalue weighted by molar-refractivity contribution is 7.22. The van der Waals surface area contributed by atoms with Crippen molar-refractivity contribution in [3.8, 4) is 10.6 Å². The first-order valence-electron chi connectivity index (χ1n) is 7.07. The number of hydrogen-bond acceptors (Lipinski definition) is 4. The van der Waals surface area contributed by atoms with Crippen LogP contribution in [0.4, 0.5) is 10.6 Å². The maximum Gasteiger partial charge on any atom is 0.320 e. The van der Waals surface area contributed by atoms with Crippen LogP contribution in [0.3, 0.4) is 0 Å². The Kier molecular flexibility index (Phi) is 3.20. The smallest absolute Gasteiger partial charge is 0.320 e. The molecule has 114 valence electrons. The van der Waals surface area contributed by atoms with Crippen LogP contribution in [-0.2, 0) is 0 Å². The minimum Gasteiger partial charge on any atom is -0.341 e. The molecule has 4 aromatic rings. The van der Waals surface area contributed by atoms with Gasteiger partial charge in [-0.1, -0.05) is 18.2 Å². The van der Waals surface area contributed by atoms with Crippen molar-refractivity contribution in [1.29, 1.82) is 0 Å². The molecule has 4 rings (SSSR count). The zero-order valence-electron chi connectivity index (χ0n) is 12.3. The Bertz CT molecular complexity index is 987. The molecule has 0 bridgehead atoms. The molecule has 0 aliphatic rings. The summed E-state index contributed by atoms with van der Waals surface area (Å²) in [7, 11) is 1.56. The molecule has 0 aliphatic carbocycles. The van der Waals surface area contributed by atoms with Crippen LogP contribution >= 0.6 is 11.3 Å². The van der Waals surface area contributed by atoms with Gasteiger partial charge in [-0.25, -0.2) is 14.3 Å². The van der Waals surface area contributed by atoms with E-state index in [4.69, 9.17) is 0 Å². The second-order valence-electron chi connectivity index (χ2n) is 5.00. The number of fused-ring (bicyclic) bond motifs is 2. The highest BCUT2D eigenvalue weighted by atomic mass is 32.1. The molecule has 0 saturated carbocycles. The lowest BCUT2D eigenvalue weighted by Crippen LogP contribution is -2.24. The topological polar surface area (TPSA) is 71.3 Å². The first-order chi connectivity index (χ1) is 11.2. The SMILES string of the molecule is CNC(=O)Nc1cn2nc(-c3cc4ccccc4s3)ccc2n1. The van der Waals surface area contributed by atoms with E-state index in [0.29, 0.717) is 11.5 Å². The predicted molar refractivity (Wildman–Crippen MR) is 91.9 cm³/mol. The fourth-order valence-corrected chi connectivity index (χ4v) is 3.39. The number of urea groups is 1. The highest BCUT2D eigenvalue weighted by Gasteiger charge is 2.09. The summed E-state index contributed by atoms with van der Waals surface area (Å²) in [5, 5.41) is 10.9. The van der Waals surface area contributed by atoms with E-state index < -0.39 is 0 Å². The third-order valence-corrected chi connectivity index (χ3v) is 4.61. The Morgan fingerprint density at radius 1 is 1.22 bits per heavy atom. The number of carbonyl (C=O) groups is 1. The van der Waals surface area contributed by atoms with Gasteiger partial charge in [0.15, 0.2) is 11.5 Å². The van der Waals surface area contributed by atoms with Crippen molar-refractivity contribution in [2.45, 2.75) is 0 Å². The zero-order valence-corrected chi connectivity index (χ0v) is 13.1. The summed E-state index contributed by atoms with van der Waals surface area (Å²) in [6.45, 7) is 0. The van der Waals surface area contributed by atoms with Gasteiger partial charge in [-0.2, -0.15) is 5.10 Å². The second-order valence-corrected chi connectivity index (χ2v) is 6.08. The number of carbonyl (C=O) groups excluding carboxylic acids is 1. The number of benzene rings is 1. The van der Waals surface area contributed by atoms with Crippen molar-refractivity contribution in [2.75, 3.05) is 12.4 Å². The van der Waals surface area contributed by atoms with Crippen LogP contribution in [0.25, 0.3) is 26.3 Å². The van der Waals surface area contributed by atoms with Gasteiger partial charge in [0, 0.05) is 11.7 Å². The minimum absolute atomic E-state index is 0.307. The van der Waals surface area contributed by atoms with Gasteiger partial charge in [-0.05, 0) is 29.7 Å². The first kappa shape index (κ1) is 13.7. The lowest BCUT2D eigenvalue weighted by atomic mass is 10.2. The Balaban J connectivity index is 1.74. The molecule has 23 heavy (non-hydrogen) atoms. The molecule has 6 nitrogen and oxygen atoms in total. The van der Waals surface area contributed by atoms with Crippen molar-refractivity contribution in [3.63, 3.8) is 0 Å². The molecule has 0 aliphatic heterocycles. The van der Waals surface area contributed by atoms with Gasteiger partial charge in [-0.15, -0.1) is 11.3 Å². The quantitative estimate of drug-likeness (QED) is 0.594. The van der Waals surface area contributed by atoms with Gasteiger partial charge in [0.2, 0.25) is 0 Å². The number of anilines is 1. The number of amides is 2. The molecule has 2 N–H and O–H groups in total. The van der Waals surface area contributed by atoms with E-state index in [1.165, 1.54) is 10.1 Å². The van der Waals surface area contributed by atoms with Gasteiger partial charge in [0.05, 0.1) is 11.1 Å². The van der Waals surface area contributed by atoms with Crippen LogP contribution < -0.4 is 10.6 Å². The van der Waals surface area contributed by atoms with Gasteiger partial charge < -0.3 is 5.32 Å². The predicted octanol–water partition coefficient (Wildman–Crippen LogP) is 3.36. The van der Waals surface area contributed by atoms with Crippen LogP contribution in [0.2, 0.25) is 0 Å². The molecule has 0 fully saturated rings. The monoisotopic (exact) mass is 323 g/mol. The summed E-state index contributed by atoms with van der Waals surface area (Å²) in [5.41, 5.74) is 1.56. The molecule has 0 atom stereocenters. The molecular weight excluding hydrogens is 310 g/mol. The zero-order chi connectivity index (χ0) is 15.8. The second kappa shape index (κ2) is 5.36. The molecule has 0 unspecified atom stereocenters. The Labute approximate surface area is 135 Å². The van der Waals surface area contributed by atoms with E-state index >= 15 is 0 Å². The lowest BCUT2D eigenvalue weighted by molar-refractivity contribution is 0.254. The number of nitrogens with one attached hydrogen (secondary N) is 2. The normalized spacial score (nSPS) is 11.0. The molecule has 7 heteroatoms. The molecule has 0 saturated heterocycles. The van der Waals surface area contributed by atoms with Crippen molar-refractivity contribution in [3.05, 3.63) is 48.7 Å². The molecule has 3 heterocycles. The third kappa shape index (κ3) is 2.51. The largest absolute Gasteiger partial charge is 0.341 e. The lowest BCUT2D eigenvalue weighted by Gasteiger charge is -1.97. The van der Waals surface area contributed by atoms with E-state index in [0.717, 1.165) is 10.6 Å². The Morgan fingerprint density at radius 2 is 2.09 bits per heavy atom. The molecule has 0 radical (unpaired) electrons. The minimum atomic E-state index is -0.307. The summed E-state index contributed by atoms with van der Waals surface area (Å²) < 4.78 is 2.90. The van der Waals surface area contributed by atoms with Crippen LogP contribution in [0.1, 0.15) is 0 Å². The Hall–Kier alpha value is -2.93. The number of hydrogen-bond donors (Lipinski definition) is 2. The Morgan fingerprint density at radius 3 is 2.91 bits per heavy atom. The van der Waals surface area contributed by atoms with Gasteiger partial charge in [0.25, 0.3) is 0 Å². The summed E-state index contributed by atoms with van der Waals surface area (Å²) in [5.74, 6) is 0.463. The fourth-order valence-electron chi connectivity index (χ4n) is 2.36. The number of aromatic nitrogens is 3. The maximum absolute atomic E-state index is 11.4. The van der Waals surface area contributed by atoms with E-state index in [1.54, 1.807) is 29.1 Å². The summed E-state index contributed by atoms with van der Waals surface area (Å²) >= 11 is 1.70. The summed E-state index contributed by atoms with van der Waals surface area (Å²) in [6, 6.07) is 13.9. The standard InChI is InChI=1S/C16H13N5OS/c1-17-16(22)19-14-9-21-15(18-14)7-6-11(20-21)13-8-10-4-2-3-5-12(10)23-13/h2-9H,1H3,(H2,17,19,22). The summed E-state index contributed by atoms with van der Waals surface area (Å²) in [4.78, 5) is 16.8. The molecule has 3 aromatic heterocycles. The van der Waals surface area contributed by atoms with E-state index in [2.05, 4.69) is 38.9 Å². The van der Waals surface area contributed by atoms with Crippen LogP contribution in [0.15, 0.2) is 48.7 Å². The van der Waals surface area contributed by atoms with Crippen molar-refractivity contribution in [2.24, 2.45) is 0 Å². The van der Waals surface area contributed by atoms with Crippen LogP contribution in [-0.4, -0.2) is 27.7 Å². The number of thiophene rings is 1. The fraction of sp³-hybridized carbons (Fsp3) is 0.0625. The van der Waals surface area contributed by atoms with Crippen molar-refractivity contribution >= 4 is 38.9 Å². The maximum atomic E-state index is 11.4. The van der Waals surface area contributed by atoms with Crippen LogP contribution in [0.5, 0.6) is 0 Å². The molecule has 2 amide bonds. The van der Waals surface area contributed by atoms with Gasteiger partial charge >= 0.3 is 6.03 Å². The number of nitrogens with zero attached hydrogens (tertiary/aromatic N) is 3. The van der Waals surface area contributed by atoms with Crippen molar-refractivity contribution in [1.82, 2.24) is 19.9 Å². The highest BCUT2D eigenvalue weighted by Crippen LogP contribution is 2.32. The van der Waals surface area contributed by atoms with E-state index in [9.17, 15) is 4.79 Å². The first-order valence-corrected chi connectivity index (χ1v) is 7.89. The van der Waals surface area contributed by atoms with Crippen LogP contribution in [0, 0.1) is 0 Å². The van der Waals surface area contributed by atoms with E-state index in [1.807, 2.05) is 24.3 Å². The van der Waals surface area contributed by atoms with E-state index in [-0.39, 0.29) is 6.03 Å². The number of rotatable bonds is 2. The van der Waals surface area contributed by atoms with Gasteiger partial charge in [0.1, 0.15) is 5.69 Å². The average molecular weight is 323 g/mol. The average Bonchev–Trinajstić information content (AvgIpc) is 3.16. The molecular formula is C16H13N5OS. The third-order valence-electron chi connectivity index (χ3n) is 3.47. The molecule has 1 aromatic carbocycles. The molecule has 0 spiro atoms. The number of imidazole rings is 1. The van der Waals surface area contributed by atoms with Gasteiger partial charge in [-0.3, -0.25) is 5.32 Å². The summed E-state index contributed by atoms with van der Waals surface area (Å²) in [6.07, 6.45) is 1.70.